The highest BCUT2D eigenvalue weighted by Gasteiger charge is 2.24. The van der Waals surface area contributed by atoms with Crippen LogP contribution in [-0.4, -0.2) is 42.4 Å². The van der Waals surface area contributed by atoms with E-state index in [1.807, 2.05) is 18.2 Å². The van der Waals surface area contributed by atoms with E-state index in [2.05, 4.69) is 17.4 Å². The number of nitrogens with zero attached hydrogens (tertiary/aromatic N) is 1. The number of benzene rings is 2. The third-order valence-corrected chi connectivity index (χ3v) is 5.08. The summed E-state index contributed by atoms with van der Waals surface area (Å²) in [6.45, 7) is 2.50. The van der Waals surface area contributed by atoms with Crippen molar-refractivity contribution in [1.29, 1.82) is 0 Å². The first-order chi connectivity index (χ1) is 14.0. The summed E-state index contributed by atoms with van der Waals surface area (Å²) in [4.78, 5) is 37.5. The minimum absolute atomic E-state index is 0.172. The minimum atomic E-state index is -0.579. The van der Waals surface area contributed by atoms with Gasteiger partial charge in [0.05, 0.1) is 5.56 Å². The lowest BCUT2D eigenvalue weighted by atomic mass is 9.90. The molecule has 6 heteroatoms. The molecule has 3 rings (SSSR count). The lowest BCUT2D eigenvalue weighted by Gasteiger charge is -2.32. The van der Waals surface area contributed by atoms with Gasteiger partial charge >= 0.3 is 5.97 Å². The number of likely N-dealkylation sites (tertiary alicyclic amines) is 1. The number of ether oxygens (including phenoxy) is 1. The zero-order valence-electron chi connectivity index (χ0n) is 16.6. The Morgan fingerprint density at radius 1 is 1.03 bits per heavy atom. The van der Waals surface area contributed by atoms with Crippen LogP contribution in [0.4, 0.5) is 5.69 Å². The van der Waals surface area contributed by atoms with Gasteiger partial charge in [-0.3, -0.25) is 9.59 Å². The standard InChI is InChI=1S/C23H26N2O4/c1-17(26)24-21-9-5-8-20(15-21)23(28)29-16-22(27)25-12-10-19(11-13-25)14-18-6-3-2-4-7-18/h2-9,15,19H,10-14,16H2,1H3,(H,24,26). The molecule has 0 atom stereocenters. The SMILES string of the molecule is CC(=O)Nc1cccc(C(=O)OCC(=O)N2CCC(Cc3ccccc3)CC2)c1. The van der Waals surface area contributed by atoms with Crippen molar-refractivity contribution in [2.45, 2.75) is 26.2 Å². The van der Waals surface area contributed by atoms with E-state index in [9.17, 15) is 14.4 Å². The largest absolute Gasteiger partial charge is 0.452 e. The highest BCUT2D eigenvalue weighted by Crippen LogP contribution is 2.22. The van der Waals surface area contributed by atoms with Crippen molar-refractivity contribution in [3.63, 3.8) is 0 Å². The van der Waals surface area contributed by atoms with Crippen LogP contribution in [0, 0.1) is 5.92 Å². The summed E-state index contributed by atoms with van der Waals surface area (Å²) in [6.07, 6.45) is 2.93. The van der Waals surface area contributed by atoms with Crippen molar-refractivity contribution in [2.75, 3.05) is 25.0 Å². The Morgan fingerprint density at radius 3 is 2.45 bits per heavy atom. The predicted molar refractivity (Wildman–Crippen MR) is 110 cm³/mol. The quantitative estimate of drug-likeness (QED) is 0.763. The molecule has 2 aromatic carbocycles. The number of esters is 1. The Kier molecular flexibility index (Phi) is 7.00. The molecule has 2 amide bonds. The maximum absolute atomic E-state index is 12.4. The van der Waals surface area contributed by atoms with Crippen molar-refractivity contribution in [3.05, 3.63) is 65.7 Å². The number of carbonyl (C=O) groups excluding carboxylic acids is 3. The van der Waals surface area contributed by atoms with E-state index < -0.39 is 5.97 Å². The third-order valence-electron chi connectivity index (χ3n) is 5.08. The highest BCUT2D eigenvalue weighted by atomic mass is 16.5. The van der Waals surface area contributed by atoms with Gasteiger partial charge in [-0.25, -0.2) is 4.79 Å². The molecular formula is C23H26N2O4. The lowest BCUT2D eigenvalue weighted by molar-refractivity contribution is -0.135. The van der Waals surface area contributed by atoms with Gasteiger partial charge in [-0.2, -0.15) is 0 Å². The number of nitrogens with one attached hydrogen (secondary N) is 1. The molecule has 0 radical (unpaired) electrons. The zero-order chi connectivity index (χ0) is 20.6. The van der Waals surface area contributed by atoms with Gasteiger partial charge in [-0.15, -0.1) is 0 Å². The second kappa shape index (κ2) is 9.87. The number of rotatable bonds is 6. The van der Waals surface area contributed by atoms with Crippen LogP contribution in [0.3, 0.4) is 0 Å². The number of hydrogen-bond donors (Lipinski definition) is 1. The van der Waals surface area contributed by atoms with Crippen LogP contribution in [0.2, 0.25) is 0 Å². The third kappa shape index (κ3) is 6.17. The summed E-state index contributed by atoms with van der Waals surface area (Å²) in [6, 6.07) is 16.8. The second-order valence-electron chi connectivity index (χ2n) is 7.35. The molecule has 1 aliphatic heterocycles. The summed E-state index contributed by atoms with van der Waals surface area (Å²) in [7, 11) is 0. The van der Waals surface area contributed by atoms with Gasteiger partial charge in [-0.1, -0.05) is 36.4 Å². The van der Waals surface area contributed by atoms with Gasteiger partial charge < -0.3 is 15.0 Å². The van der Waals surface area contributed by atoms with Crippen molar-refractivity contribution in [1.82, 2.24) is 4.90 Å². The molecular weight excluding hydrogens is 368 g/mol. The minimum Gasteiger partial charge on any atom is -0.452 e. The molecule has 1 aliphatic rings. The number of carbonyl (C=O) groups is 3. The van der Waals surface area contributed by atoms with Gasteiger partial charge in [0.25, 0.3) is 5.91 Å². The number of anilines is 1. The topological polar surface area (TPSA) is 75.7 Å². The Morgan fingerprint density at radius 2 is 1.76 bits per heavy atom. The summed E-state index contributed by atoms with van der Waals surface area (Å²) >= 11 is 0. The van der Waals surface area contributed by atoms with Crippen LogP contribution in [0.1, 0.15) is 35.7 Å². The molecule has 29 heavy (non-hydrogen) atoms. The van der Waals surface area contributed by atoms with Gasteiger partial charge in [0.15, 0.2) is 6.61 Å². The highest BCUT2D eigenvalue weighted by molar-refractivity contribution is 5.94. The lowest BCUT2D eigenvalue weighted by Crippen LogP contribution is -2.41. The maximum atomic E-state index is 12.4. The fraction of sp³-hybridized carbons (Fsp3) is 0.348. The molecule has 0 bridgehead atoms. The summed E-state index contributed by atoms with van der Waals surface area (Å²) in [5.74, 6) is -0.402. The molecule has 152 valence electrons. The fourth-order valence-corrected chi connectivity index (χ4v) is 3.56. The van der Waals surface area contributed by atoms with E-state index in [0.29, 0.717) is 30.3 Å². The Hall–Kier alpha value is -3.15. The van der Waals surface area contributed by atoms with Gasteiger partial charge in [-0.05, 0) is 48.9 Å². The van der Waals surface area contributed by atoms with Crippen molar-refractivity contribution < 1.29 is 19.1 Å². The molecule has 0 saturated carbocycles. The van der Waals surface area contributed by atoms with Crippen LogP contribution < -0.4 is 5.32 Å². The summed E-state index contributed by atoms with van der Waals surface area (Å²) < 4.78 is 5.18. The van der Waals surface area contributed by atoms with Crippen LogP contribution in [0.15, 0.2) is 54.6 Å². The fourth-order valence-electron chi connectivity index (χ4n) is 3.56. The van der Waals surface area contributed by atoms with E-state index in [-0.39, 0.29) is 18.4 Å². The maximum Gasteiger partial charge on any atom is 0.338 e. The Labute approximate surface area is 170 Å². The van der Waals surface area contributed by atoms with Crippen LogP contribution >= 0.6 is 0 Å². The molecule has 1 fully saturated rings. The number of amides is 2. The molecule has 0 unspecified atom stereocenters. The first kappa shape index (κ1) is 20.6. The smallest absolute Gasteiger partial charge is 0.338 e. The van der Waals surface area contributed by atoms with Crippen molar-refractivity contribution in [2.24, 2.45) is 5.92 Å². The van der Waals surface area contributed by atoms with E-state index in [1.165, 1.54) is 18.6 Å². The molecule has 0 aliphatic carbocycles. The first-order valence-electron chi connectivity index (χ1n) is 9.88. The van der Waals surface area contributed by atoms with Gasteiger partial charge in [0.2, 0.25) is 5.91 Å². The first-order valence-corrected chi connectivity index (χ1v) is 9.88. The van der Waals surface area contributed by atoms with E-state index >= 15 is 0 Å². The average Bonchev–Trinajstić information content (AvgIpc) is 2.73. The monoisotopic (exact) mass is 394 g/mol. The number of piperidine rings is 1. The normalized spacial score (nSPS) is 14.3. The van der Waals surface area contributed by atoms with Crippen molar-refractivity contribution >= 4 is 23.5 Å². The average molecular weight is 394 g/mol. The molecule has 6 nitrogen and oxygen atoms in total. The van der Waals surface area contributed by atoms with Crippen molar-refractivity contribution in [3.8, 4) is 0 Å². The summed E-state index contributed by atoms with van der Waals surface area (Å²) in [5.41, 5.74) is 2.14. The molecule has 1 saturated heterocycles. The van der Waals surface area contributed by atoms with Gasteiger partial charge in [0, 0.05) is 25.7 Å². The van der Waals surface area contributed by atoms with Crippen LogP contribution in [0.5, 0.6) is 0 Å². The van der Waals surface area contributed by atoms with E-state index in [4.69, 9.17) is 4.74 Å². The Bertz CT molecular complexity index is 858. The predicted octanol–water partition coefficient (Wildman–Crippen LogP) is 3.28. The molecule has 0 spiro atoms. The molecule has 2 aromatic rings. The van der Waals surface area contributed by atoms with Gasteiger partial charge in [0.1, 0.15) is 0 Å². The van der Waals surface area contributed by atoms with E-state index in [0.717, 1.165) is 19.3 Å². The summed E-state index contributed by atoms with van der Waals surface area (Å²) in [5, 5.41) is 2.62. The molecule has 0 aromatic heterocycles. The zero-order valence-corrected chi connectivity index (χ0v) is 16.6. The molecule has 1 N–H and O–H groups in total. The van der Waals surface area contributed by atoms with Crippen LogP contribution in [-0.2, 0) is 20.7 Å². The number of hydrogen-bond acceptors (Lipinski definition) is 4. The molecule has 1 heterocycles. The van der Waals surface area contributed by atoms with Crippen LogP contribution in [0.25, 0.3) is 0 Å². The van der Waals surface area contributed by atoms with E-state index in [1.54, 1.807) is 23.1 Å². The second-order valence-corrected chi connectivity index (χ2v) is 7.35. The Balaban J connectivity index is 1.44.